The standard InChI is InChI=1S/C43H34N4/c1-29-45-40-17-8-9-18-43(40)47(29)37-22-19-31(20-23-37)39-28-36(44)21-24-38(39)33-15-10-16-34(25-33)42-27-35(30-11-4-2-5-12-30)26-41(46-42)32-13-6-3-7-14-32/h2-29,45H,44H2,1H3. The molecule has 1 atom stereocenters. The molecule has 0 saturated carbocycles. The number of nitrogens with two attached hydrogens (primary N) is 1. The fraction of sp³-hybridized carbons (Fsp3) is 0.0465. The molecule has 1 unspecified atom stereocenters. The summed E-state index contributed by atoms with van der Waals surface area (Å²) in [5.41, 5.74) is 21.4. The van der Waals surface area contributed by atoms with Gasteiger partial charge in [-0.2, -0.15) is 0 Å². The number of para-hydroxylation sites is 2. The number of hydrogen-bond acceptors (Lipinski definition) is 4. The van der Waals surface area contributed by atoms with Gasteiger partial charge in [0.15, 0.2) is 0 Å². The van der Waals surface area contributed by atoms with Crippen LogP contribution in [0.25, 0.3) is 55.9 Å². The summed E-state index contributed by atoms with van der Waals surface area (Å²) in [7, 11) is 0. The molecule has 6 aromatic carbocycles. The molecular formula is C43H34N4. The van der Waals surface area contributed by atoms with Crippen molar-refractivity contribution in [3.63, 3.8) is 0 Å². The second kappa shape index (κ2) is 12.0. The first-order valence-corrected chi connectivity index (χ1v) is 16.0. The van der Waals surface area contributed by atoms with E-state index in [1.807, 2.05) is 18.2 Å². The van der Waals surface area contributed by atoms with Gasteiger partial charge in [0.05, 0.1) is 22.8 Å². The van der Waals surface area contributed by atoms with E-state index < -0.39 is 0 Å². The van der Waals surface area contributed by atoms with Crippen LogP contribution in [0.2, 0.25) is 0 Å². The van der Waals surface area contributed by atoms with Gasteiger partial charge >= 0.3 is 0 Å². The Hall–Kier alpha value is -6.13. The molecule has 0 radical (unpaired) electrons. The smallest absolute Gasteiger partial charge is 0.101 e. The van der Waals surface area contributed by atoms with Crippen LogP contribution in [0.5, 0.6) is 0 Å². The Bertz CT molecular complexity index is 2130. The topological polar surface area (TPSA) is 54.2 Å². The number of nitrogens with one attached hydrogen (secondary N) is 1. The number of aromatic nitrogens is 1. The Morgan fingerprint density at radius 1 is 0.511 bits per heavy atom. The van der Waals surface area contributed by atoms with Crippen LogP contribution < -0.4 is 16.0 Å². The monoisotopic (exact) mass is 606 g/mol. The van der Waals surface area contributed by atoms with Crippen molar-refractivity contribution in [2.75, 3.05) is 16.0 Å². The lowest BCUT2D eigenvalue weighted by molar-refractivity contribution is 0.843. The van der Waals surface area contributed by atoms with E-state index >= 15 is 0 Å². The average Bonchev–Trinajstić information content (AvgIpc) is 3.48. The fourth-order valence-electron chi connectivity index (χ4n) is 6.60. The fourth-order valence-corrected chi connectivity index (χ4v) is 6.60. The van der Waals surface area contributed by atoms with E-state index in [4.69, 9.17) is 10.7 Å². The number of nitrogen functional groups attached to an aromatic ring is 1. The first-order chi connectivity index (χ1) is 23.1. The summed E-state index contributed by atoms with van der Waals surface area (Å²) in [6.45, 7) is 2.18. The van der Waals surface area contributed by atoms with Gasteiger partial charge in [0.2, 0.25) is 0 Å². The summed E-state index contributed by atoms with van der Waals surface area (Å²) in [5.74, 6) is 0. The van der Waals surface area contributed by atoms with Gasteiger partial charge in [0.1, 0.15) is 6.17 Å². The van der Waals surface area contributed by atoms with Crippen LogP contribution in [-0.2, 0) is 0 Å². The quantitative estimate of drug-likeness (QED) is 0.185. The first-order valence-electron chi connectivity index (χ1n) is 16.0. The molecule has 226 valence electrons. The Morgan fingerprint density at radius 3 is 1.91 bits per heavy atom. The lowest BCUT2D eigenvalue weighted by atomic mass is 9.92. The van der Waals surface area contributed by atoms with Crippen LogP contribution in [0.1, 0.15) is 6.92 Å². The highest BCUT2D eigenvalue weighted by Crippen LogP contribution is 2.41. The zero-order chi connectivity index (χ0) is 31.7. The number of anilines is 4. The number of nitrogens with zero attached hydrogens (tertiary/aromatic N) is 2. The molecular weight excluding hydrogens is 573 g/mol. The number of fused-ring (bicyclic) bond motifs is 1. The highest BCUT2D eigenvalue weighted by atomic mass is 15.3. The van der Waals surface area contributed by atoms with Crippen molar-refractivity contribution in [3.8, 4) is 55.9 Å². The van der Waals surface area contributed by atoms with E-state index in [0.717, 1.165) is 73.0 Å². The Morgan fingerprint density at radius 2 is 1.15 bits per heavy atom. The maximum atomic E-state index is 6.38. The van der Waals surface area contributed by atoms with Crippen LogP contribution in [0.4, 0.5) is 22.7 Å². The summed E-state index contributed by atoms with van der Waals surface area (Å²) in [4.78, 5) is 7.51. The van der Waals surface area contributed by atoms with Gasteiger partial charge < -0.3 is 16.0 Å². The number of pyridine rings is 1. The number of rotatable bonds is 6. The minimum Gasteiger partial charge on any atom is -0.399 e. The van der Waals surface area contributed by atoms with E-state index in [0.29, 0.717) is 0 Å². The summed E-state index contributed by atoms with van der Waals surface area (Å²) in [6.07, 6.45) is 0.167. The number of benzene rings is 6. The van der Waals surface area contributed by atoms with Crippen LogP contribution >= 0.6 is 0 Å². The summed E-state index contributed by atoms with van der Waals surface area (Å²) in [5, 5.41) is 3.58. The van der Waals surface area contributed by atoms with Gasteiger partial charge in [0, 0.05) is 22.5 Å². The zero-order valence-corrected chi connectivity index (χ0v) is 26.1. The van der Waals surface area contributed by atoms with Crippen molar-refractivity contribution >= 4 is 22.7 Å². The molecule has 1 aromatic heterocycles. The SMILES string of the molecule is CC1Nc2ccccc2N1c1ccc(-c2cc(N)ccc2-c2cccc(-c3cc(-c4ccccc4)cc(-c4ccccc4)n3)c2)cc1. The lowest BCUT2D eigenvalue weighted by Gasteiger charge is -2.24. The molecule has 0 amide bonds. The van der Waals surface area contributed by atoms with E-state index in [-0.39, 0.29) is 6.17 Å². The predicted octanol–water partition coefficient (Wildman–Crippen LogP) is 10.9. The van der Waals surface area contributed by atoms with Crippen LogP contribution in [-0.4, -0.2) is 11.1 Å². The molecule has 4 heteroatoms. The minimum atomic E-state index is 0.167. The normalized spacial score (nSPS) is 13.6. The second-order valence-corrected chi connectivity index (χ2v) is 12.0. The Labute approximate surface area is 275 Å². The van der Waals surface area contributed by atoms with Gasteiger partial charge in [-0.1, -0.05) is 109 Å². The van der Waals surface area contributed by atoms with Crippen molar-refractivity contribution in [2.24, 2.45) is 0 Å². The molecule has 4 nitrogen and oxygen atoms in total. The van der Waals surface area contributed by atoms with Gasteiger partial charge in [-0.3, -0.25) is 0 Å². The molecule has 8 rings (SSSR count). The van der Waals surface area contributed by atoms with Crippen molar-refractivity contribution < 1.29 is 0 Å². The van der Waals surface area contributed by atoms with Gasteiger partial charge in [0.25, 0.3) is 0 Å². The summed E-state index contributed by atoms with van der Waals surface area (Å²) in [6, 6.07) is 57.3. The molecule has 1 aliphatic heterocycles. The molecule has 0 aliphatic carbocycles. The van der Waals surface area contributed by atoms with Crippen LogP contribution in [0.3, 0.4) is 0 Å². The van der Waals surface area contributed by atoms with Crippen molar-refractivity contribution in [1.82, 2.24) is 4.98 Å². The van der Waals surface area contributed by atoms with Gasteiger partial charge in [-0.25, -0.2) is 4.98 Å². The molecule has 1 aliphatic rings. The van der Waals surface area contributed by atoms with Crippen molar-refractivity contribution in [3.05, 3.63) is 164 Å². The zero-order valence-electron chi connectivity index (χ0n) is 26.1. The Balaban J connectivity index is 1.18. The van der Waals surface area contributed by atoms with E-state index in [2.05, 4.69) is 163 Å². The molecule has 0 bridgehead atoms. The Kier molecular flexibility index (Phi) is 7.23. The van der Waals surface area contributed by atoms with Gasteiger partial charge in [-0.15, -0.1) is 0 Å². The number of hydrogen-bond donors (Lipinski definition) is 2. The highest BCUT2D eigenvalue weighted by Gasteiger charge is 2.26. The minimum absolute atomic E-state index is 0.167. The average molecular weight is 607 g/mol. The van der Waals surface area contributed by atoms with Gasteiger partial charge in [-0.05, 0) is 94.9 Å². The van der Waals surface area contributed by atoms with Crippen molar-refractivity contribution in [2.45, 2.75) is 13.1 Å². The molecule has 0 fully saturated rings. The molecule has 0 spiro atoms. The molecule has 7 aromatic rings. The summed E-state index contributed by atoms with van der Waals surface area (Å²) >= 11 is 0. The van der Waals surface area contributed by atoms with Crippen LogP contribution in [0.15, 0.2) is 164 Å². The molecule has 2 heterocycles. The molecule has 0 saturated heterocycles. The van der Waals surface area contributed by atoms with E-state index in [1.54, 1.807) is 0 Å². The predicted molar refractivity (Wildman–Crippen MR) is 197 cm³/mol. The lowest BCUT2D eigenvalue weighted by Crippen LogP contribution is -2.28. The molecule has 47 heavy (non-hydrogen) atoms. The highest BCUT2D eigenvalue weighted by molar-refractivity contribution is 5.89. The third kappa shape index (κ3) is 5.51. The third-order valence-corrected chi connectivity index (χ3v) is 8.89. The largest absolute Gasteiger partial charge is 0.399 e. The maximum Gasteiger partial charge on any atom is 0.101 e. The summed E-state index contributed by atoms with van der Waals surface area (Å²) < 4.78 is 0. The van der Waals surface area contributed by atoms with E-state index in [9.17, 15) is 0 Å². The molecule has 3 N–H and O–H groups in total. The van der Waals surface area contributed by atoms with Crippen LogP contribution in [0, 0.1) is 0 Å². The second-order valence-electron chi connectivity index (χ2n) is 12.0. The van der Waals surface area contributed by atoms with E-state index in [1.165, 1.54) is 5.69 Å². The maximum absolute atomic E-state index is 6.38. The third-order valence-electron chi connectivity index (χ3n) is 8.89. The van der Waals surface area contributed by atoms with Crippen molar-refractivity contribution in [1.29, 1.82) is 0 Å². The first kappa shape index (κ1) is 28.4.